The van der Waals surface area contributed by atoms with Gasteiger partial charge in [0.1, 0.15) is 22.5 Å². The Hall–Kier alpha value is -5.63. The van der Waals surface area contributed by atoms with Crippen LogP contribution in [-0.2, 0) is 44.7 Å². The molecule has 0 saturated heterocycles. The molecule has 19 nitrogen and oxygen atoms in total. The SMILES string of the molecule is CC[C@H](C)[C@H](NC(=O)C(C)(C)N(C)C)C(=O)N(C)[C@H](C[C@@H](OC(C)=O)c1nc(C(=O)N[C@@H](Cc2ccc(O)c(NC(=O)CNC(=O)CNC(C)=O)c2)C[C@H](C)C(=O)O)cs1)C(C)C. The first-order valence-electron chi connectivity index (χ1n) is 20.8. The van der Waals surface area contributed by atoms with E-state index in [0.29, 0.717) is 17.0 Å². The number of phenols is 1. The number of esters is 1. The number of hydrogen-bond donors (Lipinski definition) is 7. The fraction of sp³-hybridized carbons (Fsp3) is 0.605. The van der Waals surface area contributed by atoms with Crippen molar-refractivity contribution in [1.82, 2.24) is 36.1 Å². The van der Waals surface area contributed by atoms with Gasteiger partial charge in [-0.15, -0.1) is 11.3 Å². The molecule has 1 heterocycles. The Morgan fingerprint density at radius 2 is 1.54 bits per heavy atom. The summed E-state index contributed by atoms with van der Waals surface area (Å²) in [5.41, 5.74) is -0.386. The van der Waals surface area contributed by atoms with Crippen molar-refractivity contribution < 1.29 is 53.3 Å². The molecular weight excluding hydrogens is 837 g/mol. The highest BCUT2D eigenvalue weighted by Crippen LogP contribution is 2.31. The quantitative estimate of drug-likeness (QED) is 0.0591. The Kier molecular flexibility index (Phi) is 20.6. The Labute approximate surface area is 373 Å². The number of nitrogens with one attached hydrogen (secondary N) is 5. The molecule has 0 bridgehead atoms. The van der Waals surface area contributed by atoms with E-state index in [9.17, 15) is 48.6 Å². The third kappa shape index (κ3) is 16.5. The van der Waals surface area contributed by atoms with Gasteiger partial charge in [-0.05, 0) is 70.3 Å². The van der Waals surface area contributed by atoms with Gasteiger partial charge in [0.25, 0.3) is 5.91 Å². The predicted molar refractivity (Wildman–Crippen MR) is 237 cm³/mol. The molecule has 2 rings (SSSR count). The number of hydrogen-bond acceptors (Lipinski definition) is 13. The van der Waals surface area contributed by atoms with Crippen molar-refractivity contribution in [3.8, 4) is 5.75 Å². The van der Waals surface area contributed by atoms with Gasteiger partial charge in [0.15, 0.2) is 6.10 Å². The number of phenolic OH excluding ortho intramolecular Hbond substituents is 1. The average Bonchev–Trinajstić information content (AvgIpc) is 3.70. The van der Waals surface area contributed by atoms with E-state index in [0.717, 1.165) is 11.3 Å². The van der Waals surface area contributed by atoms with Crippen molar-refractivity contribution in [1.29, 1.82) is 0 Å². The van der Waals surface area contributed by atoms with E-state index in [2.05, 4.69) is 31.6 Å². The number of carbonyl (C=O) groups excluding carboxylic acids is 7. The summed E-state index contributed by atoms with van der Waals surface area (Å²) in [6.07, 6.45) is -0.137. The smallest absolute Gasteiger partial charge is 0.306 e. The van der Waals surface area contributed by atoms with Crippen molar-refractivity contribution in [2.45, 2.75) is 118 Å². The van der Waals surface area contributed by atoms with Crippen LogP contribution in [0.2, 0.25) is 0 Å². The summed E-state index contributed by atoms with van der Waals surface area (Å²) in [5.74, 6) is -6.13. The summed E-state index contributed by atoms with van der Waals surface area (Å²) in [7, 11) is 5.22. The second-order valence-corrected chi connectivity index (χ2v) is 17.8. The molecule has 63 heavy (non-hydrogen) atoms. The van der Waals surface area contributed by atoms with Gasteiger partial charge in [0, 0.05) is 44.8 Å². The van der Waals surface area contributed by atoms with Gasteiger partial charge in [-0.1, -0.05) is 47.1 Å². The fourth-order valence-corrected chi connectivity index (χ4v) is 7.18. The maximum Gasteiger partial charge on any atom is 0.306 e. The maximum absolute atomic E-state index is 14.2. The number of benzene rings is 1. The Bertz CT molecular complexity index is 1950. The van der Waals surface area contributed by atoms with Crippen molar-refractivity contribution >= 4 is 64.4 Å². The average molecular weight is 903 g/mol. The number of anilines is 1. The van der Waals surface area contributed by atoms with Gasteiger partial charge in [-0.3, -0.25) is 43.3 Å². The molecule has 0 aliphatic rings. The van der Waals surface area contributed by atoms with Crippen LogP contribution >= 0.6 is 11.3 Å². The molecule has 6 amide bonds. The summed E-state index contributed by atoms with van der Waals surface area (Å²) in [6.45, 7) is 14.4. The number of aliphatic carboxylic acids is 1. The first-order chi connectivity index (χ1) is 29.3. The topological polar surface area (TPSA) is 266 Å². The van der Waals surface area contributed by atoms with Crippen LogP contribution in [0.25, 0.3) is 0 Å². The van der Waals surface area contributed by atoms with E-state index in [1.54, 1.807) is 50.9 Å². The summed E-state index contributed by atoms with van der Waals surface area (Å²) in [6, 6.07) is 2.23. The lowest BCUT2D eigenvalue weighted by molar-refractivity contribution is -0.149. The predicted octanol–water partition coefficient (Wildman–Crippen LogP) is 2.84. The number of thiazole rings is 1. The largest absolute Gasteiger partial charge is 0.506 e. The lowest BCUT2D eigenvalue weighted by Crippen LogP contribution is -2.60. The lowest BCUT2D eigenvalue weighted by Gasteiger charge is -2.38. The Morgan fingerprint density at radius 3 is 2.10 bits per heavy atom. The van der Waals surface area contributed by atoms with E-state index >= 15 is 0 Å². The molecule has 0 fully saturated rings. The fourth-order valence-electron chi connectivity index (χ4n) is 6.34. The molecule has 0 aliphatic carbocycles. The van der Waals surface area contributed by atoms with Gasteiger partial charge < -0.3 is 46.4 Å². The van der Waals surface area contributed by atoms with Gasteiger partial charge in [-0.2, -0.15) is 0 Å². The van der Waals surface area contributed by atoms with Crippen LogP contribution in [-0.4, -0.2) is 130 Å². The van der Waals surface area contributed by atoms with E-state index in [1.807, 2.05) is 27.7 Å². The second-order valence-electron chi connectivity index (χ2n) is 16.9. The number of ether oxygens (including phenoxy) is 1. The van der Waals surface area contributed by atoms with E-state index < -0.39 is 77.8 Å². The first kappa shape index (κ1) is 53.5. The Morgan fingerprint density at radius 1 is 0.905 bits per heavy atom. The van der Waals surface area contributed by atoms with Crippen LogP contribution in [0.1, 0.15) is 109 Å². The molecule has 1 aromatic heterocycles. The van der Waals surface area contributed by atoms with Crippen molar-refractivity contribution in [2.24, 2.45) is 17.8 Å². The molecule has 20 heteroatoms. The van der Waals surface area contributed by atoms with Crippen LogP contribution in [0, 0.1) is 17.8 Å². The molecule has 6 atom stereocenters. The zero-order valence-electron chi connectivity index (χ0n) is 38.4. The normalized spacial score (nSPS) is 14.3. The highest BCUT2D eigenvalue weighted by Gasteiger charge is 2.39. The number of nitrogens with zero attached hydrogens (tertiary/aromatic N) is 3. The molecule has 0 aliphatic heterocycles. The molecular formula is C43H66N8O11S. The number of carboxylic acids is 1. The third-order valence-electron chi connectivity index (χ3n) is 11.0. The summed E-state index contributed by atoms with van der Waals surface area (Å²) < 4.78 is 5.75. The molecule has 1 aromatic carbocycles. The van der Waals surface area contributed by atoms with Crippen LogP contribution in [0.4, 0.5) is 5.69 Å². The van der Waals surface area contributed by atoms with E-state index in [-0.39, 0.29) is 66.6 Å². The summed E-state index contributed by atoms with van der Waals surface area (Å²) in [4.78, 5) is 109. The van der Waals surface area contributed by atoms with Gasteiger partial charge in [0.2, 0.25) is 29.5 Å². The monoisotopic (exact) mass is 902 g/mol. The molecule has 0 unspecified atom stereocenters. The number of carboxylic acid groups (broad SMARTS) is 1. The molecule has 0 spiro atoms. The maximum atomic E-state index is 14.2. The Balaban J connectivity index is 2.35. The third-order valence-corrected chi connectivity index (χ3v) is 11.9. The second kappa shape index (κ2) is 24.3. The van der Waals surface area contributed by atoms with Crippen LogP contribution in [0.15, 0.2) is 23.6 Å². The number of amides is 6. The number of rotatable bonds is 24. The summed E-state index contributed by atoms with van der Waals surface area (Å²) >= 11 is 1.08. The van der Waals surface area contributed by atoms with E-state index in [1.165, 1.54) is 38.3 Å². The number of carbonyl (C=O) groups is 8. The molecule has 7 N–H and O–H groups in total. The zero-order chi connectivity index (χ0) is 47.9. The van der Waals surface area contributed by atoms with Gasteiger partial charge >= 0.3 is 11.9 Å². The first-order valence-corrected chi connectivity index (χ1v) is 21.7. The molecule has 2 aromatic rings. The minimum absolute atomic E-state index is 0.00178. The highest BCUT2D eigenvalue weighted by atomic mass is 32.1. The van der Waals surface area contributed by atoms with Gasteiger partial charge in [-0.25, -0.2) is 4.98 Å². The lowest BCUT2D eigenvalue weighted by atomic mass is 9.92. The molecule has 350 valence electrons. The van der Waals surface area contributed by atoms with Crippen molar-refractivity contribution in [3.05, 3.63) is 39.8 Å². The summed E-state index contributed by atoms with van der Waals surface area (Å²) in [5, 5.41) is 35.0. The van der Waals surface area contributed by atoms with Gasteiger partial charge in [0.05, 0.1) is 30.2 Å². The van der Waals surface area contributed by atoms with Crippen molar-refractivity contribution in [2.75, 3.05) is 39.5 Å². The standard InChI is InChI=1S/C43H66N8O11S/c1-13-24(4)37(49-42(61)43(8,9)50(10)11)40(58)51(12)32(23(2)3)19-34(62-27(7)53)39-48-31(22-63-39)38(57)46-29(16-25(5)41(59)60)17-28-14-15-33(54)30(18-28)47-36(56)21-45-35(55)20-44-26(6)52/h14-15,18,22-25,29,32,34,37,54H,13,16-17,19-21H2,1-12H3,(H,44,52)(H,45,55)(H,46,57)(H,47,56)(H,49,61)(H,59,60)/t24-,25-,29+,32+,34+,37-/m0/s1. The highest BCUT2D eigenvalue weighted by molar-refractivity contribution is 7.09. The molecule has 0 saturated carbocycles. The molecule has 0 radical (unpaired) electrons. The minimum Gasteiger partial charge on any atom is -0.506 e. The number of aromatic nitrogens is 1. The minimum atomic E-state index is -1.09. The number of aromatic hydroxyl groups is 1. The zero-order valence-corrected chi connectivity index (χ0v) is 39.2. The number of likely N-dealkylation sites (N-methyl/N-ethyl adjacent to an activating group) is 2. The van der Waals surface area contributed by atoms with Crippen LogP contribution in [0.5, 0.6) is 5.75 Å². The van der Waals surface area contributed by atoms with Crippen LogP contribution < -0.4 is 26.6 Å². The van der Waals surface area contributed by atoms with Crippen LogP contribution in [0.3, 0.4) is 0 Å². The van der Waals surface area contributed by atoms with Crippen molar-refractivity contribution in [3.63, 3.8) is 0 Å². The van der Waals surface area contributed by atoms with E-state index in [4.69, 9.17) is 4.74 Å².